The van der Waals surface area contributed by atoms with Crippen molar-refractivity contribution >= 4 is 11.6 Å². The number of carbonyl (C=O) groups is 1. The molecule has 1 N–H and O–H groups in total. The number of nitrogens with zero attached hydrogens (tertiary/aromatic N) is 3. The van der Waals surface area contributed by atoms with Gasteiger partial charge in [0.15, 0.2) is 0 Å². The van der Waals surface area contributed by atoms with E-state index in [1.54, 1.807) is 38.4 Å². The third-order valence-corrected chi connectivity index (χ3v) is 3.38. The van der Waals surface area contributed by atoms with Gasteiger partial charge in [0.2, 0.25) is 0 Å². The molecule has 120 valence electrons. The van der Waals surface area contributed by atoms with Crippen molar-refractivity contribution in [2.75, 3.05) is 5.32 Å². The van der Waals surface area contributed by atoms with Crippen LogP contribution in [0.2, 0.25) is 0 Å². The summed E-state index contributed by atoms with van der Waals surface area (Å²) < 4.78 is 5.64. The zero-order valence-electron chi connectivity index (χ0n) is 13.4. The molecule has 0 aliphatic heterocycles. The number of ether oxygens (including phenoxy) is 1. The van der Waals surface area contributed by atoms with E-state index in [4.69, 9.17) is 4.74 Å². The van der Waals surface area contributed by atoms with Gasteiger partial charge in [-0.25, -0.2) is 0 Å². The maximum atomic E-state index is 12.3. The third-order valence-electron chi connectivity index (χ3n) is 3.38. The number of pyridine rings is 1. The number of hydrogen-bond acceptors (Lipinski definition) is 5. The van der Waals surface area contributed by atoms with Crippen molar-refractivity contribution in [1.29, 1.82) is 0 Å². The Balaban J connectivity index is 1.81. The lowest BCUT2D eigenvalue weighted by Gasteiger charge is -2.12. The van der Waals surface area contributed by atoms with Gasteiger partial charge >= 0.3 is 6.01 Å². The van der Waals surface area contributed by atoms with Crippen LogP contribution in [-0.4, -0.2) is 20.9 Å². The van der Waals surface area contributed by atoms with Crippen molar-refractivity contribution in [1.82, 2.24) is 15.0 Å². The molecule has 0 unspecified atom stereocenters. The van der Waals surface area contributed by atoms with Crippen LogP contribution in [-0.2, 0) is 0 Å². The minimum Gasteiger partial charge on any atom is -0.424 e. The van der Waals surface area contributed by atoms with E-state index in [1.165, 1.54) is 0 Å². The minimum atomic E-state index is -0.232. The minimum absolute atomic E-state index is 0.232. The summed E-state index contributed by atoms with van der Waals surface area (Å²) in [6.07, 6.45) is 3.14. The molecule has 0 atom stereocenters. The lowest BCUT2D eigenvalue weighted by Crippen LogP contribution is -2.15. The molecule has 3 aromatic rings. The average molecular weight is 320 g/mol. The Labute approximate surface area is 139 Å². The summed E-state index contributed by atoms with van der Waals surface area (Å²) in [6, 6.07) is 12.8. The molecule has 2 aromatic heterocycles. The van der Waals surface area contributed by atoms with Crippen molar-refractivity contribution in [3.8, 4) is 11.8 Å². The van der Waals surface area contributed by atoms with Gasteiger partial charge in [-0.15, -0.1) is 0 Å². The van der Waals surface area contributed by atoms with Crippen LogP contribution in [0.25, 0.3) is 0 Å². The van der Waals surface area contributed by atoms with Crippen molar-refractivity contribution in [3.63, 3.8) is 0 Å². The maximum Gasteiger partial charge on any atom is 0.322 e. The normalized spacial score (nSPS) is 10.2. The van der Waals surface area contributed by atoms with E-state index in [-0.39, 0.29) is 11.9 Å². The van der Waals surface area contributed by atoms with Crippen LogP contribution in [0.15, 0.2) is 54.9 Å². The van der Waals surface area contributed by atoms with Crippen molar-refractivity contribution in [2.45, 2.75) is 13.8 Å². The van der Waals surface area contributed by atoms with Crippen LogP contribution >= 0.6 is 0 Å². The molecule has 2 heterocycles. The number of aryl methyl sites for hydroxylation is 2. The number of benzene rings is 1. The van der Waals surface area contributed by atoms with E-state index in [0.29, 0.717) is 28.4 Å². The highest BCUT2D eigenvalue weighted by molar-refractivity contribution is 6.04. The number of rotatable bonds is 4. The molecule has 24 heavy (non-hydrogen) atoms. The predicted molar refractivity (Wildman–Crippen MR) is 90.2 cm³/mol. The number of hydrogen-bond donors (Lipinski definition) is 1. The number of aromatic nitrogens is 3. The lowest BCUT2D eigenvalue weighted by atomic mass is 10.2. The first-order chi connectivity index (χ1) is 11.6. The fourth-order valence-corrected chi connectivity index (χ4v) is 2.20. The Morgan fingerprint density at radius 3 is 2.21 bits per heavy atom. The number of carbonyl (C=O) groups excluding carboxylic acids is 1. The lowest BCUT2D eigenvalue weighted by molar-refractivity contribution is 0.102. The van der Waals surface area contributed by atoms with Crippen LogP contribution < -0.4 is 10.1 Å². The number of nitrogens with one attached hydrogen (secondary N) is 1. The highest BCUT2D eigenvalue weighted by Crippen LogP contribution is 2.23. The first-order valence-electron chi connectivity index (χ1n) is 7.43. The smallest absolute Gasteiger partial charge is 0.322 e. The molecule has 0 spiro atoms. The molecule has 0 aliphatic rings. The monoisotopic (exact) mass is 320 g/mol. The van der Waals surface area contributed by atoms with Gasteiger partial charge in [-0.1, -0.05) is 18.2 Å². The highest BCUT2D eigenvalue weighted by Gasteiger charge is 2.14. The molecule has 3 rings (SSSR count). The van der Waals surface area contributed by atoms with Gasteiger partial charge in [-0.3, -0.25) is 9.78 Å². The zero-order chi connectivity index (χ0) is 16.9. The van der Waals surface area contributed by atoms with E-state index in [1.807, 2.05) is 30.3 Å². The molecule has 0 bridgehead atoms. The quantitative estimate of drug-likeness (QED) is 0.795. The van der Waals surface area contributed by atoms with Crippen LogP contribution in [0.3, 0.4) is 0 Å². The molecule has 1 aromatic carbocycles. The van der Waals surface area contributed by atoms with Crippen LogP contribution in [0.1, 0.15) is 21.7 Å². The van der Waals surface area contributed by atoms with Crippen LogP contribution in [0.5, 0.6) is 11.8 Å². The first kappa shape index (κ1) is 15.6. The van der Waals surface area contributed by atoms with Crippen molar-refractivity contribution in [2.24, 2.45) is 0 Å². The van der Waals surface area contributed by atoms with Gasteiger partial charge in [0.05, 0.1) is 17.1 Å². The molecular formula is C18H16N4O2. The molecule has 0 radical (unpaired) electrons. The number of anilines is 1. The van der Waals surface area contributed by atoms with Gasteiger partial charge in [0, 0.05) is 18.0 Å². The van der Waals surface area contributed by atoms with E-state index < -0.39 is 0 Å². The van der Waals surface area contributed by atoms with E-state index in [9.17, 15) is 4.79 Å². The third kappa shape index (κ3) is 3.55. The summed E-state index contributed by atoms with van der Waals surface area (Å²) in [6.45, 7) is 3.60. The molecule has 6 heteroatoms. The number of para-hydroxylation sites is 1. The molecule has 0 saturated heterocycles. The summed E-state index contributed by atoms with van der Waals surface area (Å²) >= 11 is 0. The van der Waals surface area contributed by atoms with Gasteiger partial charge < -0.3 is 10.1 Å². The molecular weight excluding hydrogens is 304 g/mol. The fourth-order valence-electron chi connectivity index (χ4n) is 2.20. The van der Waals surface area contributed by atoms with Crippen molar-refractivity contribution in [3.05, 3.63) is 71.8 Å². The standard InChI is InChI=1S/C18H16N4O2/c1-12-16(22-17(23)14-8-10-19-11-9-14)13(2)21-18(20-12)24-15-6-4-3-5-7-15/h3-11H,1-2H3,(H,22,23). The highest BCUT2D eigenvalue weighted by atomic mass is 16.5. The fraction of sp³-hybridized carbons (Fsp3) is 0.111. The summed E-state index contributed by atoms with van der Waals surface area (Å²) in [7, 11) is 0. The van der Waals surface area contributed by atoms with Crippen LogP contribution in [0.4, 0.5) is 5.69 Å². The maximum absolute atomic E-state index is 12.3. The van der Waals surface area contributed by atoms with E-state index in [0.717, 1.165) is 0 Å². The Kier molecular flexibility index (Phi) is 4.47. The van der Waals surface area contributed by atoms with Gasteiger partial charge in [-0.2, -0.15) is 9.97 Å². The Morgan fingerprint density at radius 1 is 0.958 bits per heavy atom. The summed E-state index contributed by atoms with van der Waals surface area (Å²) in [5.41, 5.74) is 2.37. The van der Waals surface area contributed by atoms with Crippen molar-refractivity contribution < 1.29 is 9.53 Å². The Hall–Kier alpha value is -3.28. The second-order valence-corrected chi connectivity index (χ2v) is 5.16. The Morgan fingerprint density at radius 2 is 1.58 bits per heavy atom. The van der Waals surface area contributed by atoms with E-state index >= 15 is 0 Å². The first-order valence-corrected chi connectivity index (χ1v) is 7.43. The second kappa shape index (κ2) is 6.87. The van der Waals surface area contributed by atoms with E-state index in [2.05, 4.69) is 20.3 Å². The second-order valence-electron chi connectivity index (χ2n) is 5.16. The van der Waals surface area contributed by atoms with Gasteiger partial charge in [-0.05, 0) is 38.1 Å². The molecule has 0 fully saturated rings. The Bertz CT molecular complexity index is 828. The van der Waals surface area contributed by atoms with Gasteiger partial charge in [0.25, 0.3) is 5.91 Å². The summed E-state index contributed by atoms with van der Waals surface area (Å²) in [5.74, 6) is 0.425. The SMILES string of the molecule is Cc1nc(Oc2ccccc2)nc(C)c1NC(=O)c1ccncc1. The molecule has 6 nitrogen and oxygen atoms in total. The average Bonchev–Trinajstić information content (AvgIpc) is 2.59. The largest absolute Gasteiger partial charge is 0.424 e. The summed E-state index contributed by atoms with van der Waals surface area (Å²) in [4.78, 5) is 24.8. The zero-order valence-corrected chi connectivity index (χ0v) is 13.4. The summed E-state index contributed by atoms with van der Waals surface area (Å²) in [5, 5.41) is 2.84. The molecule has 0 saturated carbocycles. The molecule has 0 aliphatic carbocycles. The predicted octanol–water partition coefficient (Wildman–Crippen LogP) is 3.53. The topological polar surface area (TPSA) is 77.0 Å². The molecule has 1 amide bonds. The number of amides is 1. The van der Waals surface area contributed by atoms with Gasteiger partial charge in [0.1, 0.15) is 5.75 Å². The van der Waals surface area contributed by atoms with Crippen LogP contribution in [0, 0.1) is 13.8 Å².